The van der Waals surface area contributed by atoms with Crippen LogP contribution in [-0.4, -0.2) is 24.8 Å². The van der Waals surface area contributed by atoms with Crippen molar-refractivity contribution in [1.29, 1.82) is 0 Å². The van der Waals surface area contributed by atoms with Gasteiger partial charge in [0.15, 0.2) is 11.6 Å². The summed E-state index contributed by atoms with van der Waals surface area (Å²) in [5.41, 5.74) is 1.90. The van der Waals surface area contributed by atoms with Crippen LogP contribution in [0.3, 0.4) is 0 Å². The molecular formula is C26H26O3. The fourth-order valence-corrected chi connectivity index (χ4v) is 2.59. The topological polar surface area (TPSA) is 43.4 Å². The Kier molecular flexibility index (Phi) is 9.26. The molecule has 0 saturated carbocycles. The van der Waals surface area contributed by atoms with Gasteiger partial charge in [-0.15, -0.1) is 13.2 Å². The molecule has 148 valence electrons. The van der Waals surface area contributed by atoms with Crippen molar-refractivity contribution in [1.82, 2.24) is 0 Å². The van der Waals surface area contributed by atoms with Crippen LogP contribution in [0.5, 0.6) is 0 Å². The highest BCUT2D eigenvalue weighted by atomic mass is 16.5. The number of carbonyl (C=O) groups is 2. The SMILES string of the molecule is C=CC(COCC(C=C)C(=O)/C=C/c1ccccc1)C(=O)/C=C/c1ccccc1. The van der Waals surface area contributed by atoms with Gasteiger partial charge in [0.1, 0.15) is 0 Å². The van der Waals surface area contributed by atoms with E-state index in [1.807, 2.05) is 60.7 Å². The number of hydrogen-bond acceptors (Lipinski definition) is 3. The van der Waals surface area contributed by atoms with E-state index < -0.39 is 11.8 Å². The van der Waals surface area contributed by atoms with Gasteiger partial charge in [0, 0.05) is 0 Å². The second-order valence-corrected chi connectivity index (χ2v) is 6.51. The number of ether oxygens (including phenoxy) is 1. The minimum Gasteiger partial charge on any atom is -0.379 e. The monoisotopic (exact) mass is 386 g/mol. The first-order valence-corrected chi connectivity index (χ1v) is 9.51. The van der Waals surface area contributed by atoms with Gasteiger partial charge in [0.25, 0.3) is 0 Å². The van der Waals surface area contributed by atoms with Crippen molar-refractivity contribution in [2.45, 2.75) is 0 Å². The maximum atomic E-state index is 12.3. The minimum atomic E-state index is -0.463. The zero-order valence-corrected chi connectivity index (χ0v) is 16.4. The van der Waals surface area contributed by atoms with Crippen LogP contribution in [0.2, 0.25) is 0 Å². The molecule has 3 nitrogen and oxygen atoms in total. The third-order valence-corrected chi connectivity index (χ3v) is 4.37. The number of benzene rings is 2. The zero-order chi connectivity index (χ0) is 20.9. The molecule has 3 heteroatoms. The molecule has 0 N–H and O–H groups in total. The summed E-state index contributed by atoms with van der Waals surface area (Å²) in [7, 11) is 0. The highest BCUT2D eigenvalue weighted by molar-refractivity contribution is 5.97. The third-order valence-electron chi connectivity index (χ3n) is 4.37. The number of hydrogen-bond donors (Lipinski definition) is 0. The molecule has 0 aromatic heterocycles. The van der Waals surface area contributed by atoms with Crippen LogP contribution >= 0.6 is 0 Å². The Hall–Kier alpha value is -3.30. The molecule has 2 aromatic carbocycles. The Morgan fingerprint density at radius 3 is 1.45 bits per heavy atom. The Morgan fingerprint density at radius 1 is 0.724 bits per heavy atom. The van der Waals surface area contributed by atoms with Crippen LogP contribution in [0, 0.1) is 11.8 Å². The quantitative estimate of drug-likeness (QED) is 0.373. The number of rotatable bonds is 12. The molecule has 0 heterocycles. The van der Waals surface area contributed by atoms with E-state index in [0.29, 0.717) is 0 Å². The second kappa shape index (κ2) is 12.2. The normalized spacial score (nSPS) is 13.2. The predicted octanol–water partition coefficient (Wildman–Crippen LogP) is 5.17. The lowest BCUT2D eigenvalue weighted by atomic mass is 10.0. The van der Waals surface area contributed by atoms with Crippen LogP contribution in [0.25, 0.3) is 12.2 Å². The van der Waals surface area contributed by atoms with Gasteiger partial charge in [-0.3, -0.25) is 9.59 Å². The van der Waals surface area contributed by atoms with Crippen molar-refractivity contribution in [2.24, 2.45) is 11.8 Å². The van der Waals surface area contributed by atoms with Crippen LogP contribution in [-0.2, 0) is 14.3 Å². The minimum absolute atomic E-state index is 0.0886. The first-order chi connectivity index (χ1) is 14.1. The zero-order valence-electron chi connectivity index (χ0n) is 16.4. The molecule has 2 rings (SSSR count). The maximum Gasteiger partial charge on any atom is 0.164 e. The van der Waals surface area contributed by atoms with Gasteiger partial charge in [-0.25, -0.2) is 0 Å². The summed E-state index contributed by atoms with van der Waals surface area (Å²) < 4.78 is 5.63. The van der Waals surface area contributed by atoms with E-state index in [-0.39, 0.29) is 24.8 Å². The molecule has 0 fully saturated rings. The summed E-state index contributed by atoms with van der Waals surface area (Å²) >= 11 is 0. The summed E-state index contributed by atoms with van der Waals surface area (Å²) in [4.78, 5) is 24.7. The summed E-state index contributed by atoms with van der Waals surface area (Å²) in [6.07, 6.45) is 9.73. The predicted molar refractivity (Wildman–Crippen MR) is 119 cm³/mol. The molecule has 0 spiro atoms. The van der Waals surface area contributed by atoms with Gasteiger partial charge in [-0.1, -0.05) is 85.0 Å². The Bertz CT molecular complexity index is 790. The third kappa shape index (κ3) is 7.68. The Morgan fingerprint density at radius 2 is 1.10 bits per heavy atom. The van der Waals surface area contributed by atoms with Gasteiger partial charge >= 0.3 is 0 Å². The molecule has 2 unspecified atom stereocenters. The van der Waals surface area contributed by atoms with E-state index in [1.165, 1.54) is 12.2 Å². The molecule has 0 aliphatic carbocycles. The lowest BCUT2D eigenvalue weighted by Crippen LogP contribution is -2.21. The summed E-state index contributed by atoms with van der Waals surface area (Å²) in [6.45, 7) is 7.78. The van der Waals surface area contributed by atoms with Gasteiger partial charge in [0.2, 0.25) is 0 Å². The van der Waals surface area contributed by atoms with E-state index in [1.54, 1.807) is 24.3 Å². The molecule has 0 aliphatic heterocycles. The van der Waals surface area contributed by atoms with Crippen molar-refractivity contribution in [2.75, 3.05) is 13.2 Å². The molecule has 0 saturated heterocycles. The summed E-state index contributed by atoms with van der Waals surface area (Å²) in [5, 5.41) is 0. The van der Waals surface area contributed by atoms with Crippen molar-refractivity contribution in [3.8, 4) is 0 Å². The molecule has 2 atom stereocenters. The average Bonchev–Trinajstić information content (AvgIpc) is 2.77. The number of ketones is 2. The number of allylic oxidation sites excluding steroid dienone is 2. The molecule has 0 amide bonds. The van der Waals surface area contributed by atoms with Crippen molar-refractivity contribution in [3.63, 3.8) is 0 Å². The highest BCUT2D eigenvalue weighted by Crippen LogP contribution is 2.10. The van der Waals surface area contributed by atoms with Crippen LogP contribution < -0.4 is 0 Å². The summed E-state index contributed by atoms with van der Waals surface area (Å²) in [5.74, 6) is -1.10. The first kappa shape index (κ1) is 22.0. The van der Waals surface area contributed by atoms with Crippen LogP contribution in [0.4, 0.5) is 0 Å². The lowest BCUT2D eigenvalue weighted by molar-refractivity contribution is -0.119. The van der Waals surface area contributed by atoms with Gasteiger partial charge in [0.05, 0.1) is 25.0 Å². The number of carbonyl (C=O) groups excluding carboxylic acids is 2. The Balaban J connectivity index is 1.84. The van der Waals surface area contributed by atoms with Gasteiger partial charge < -0.3 is 4.74 Å². The first-order valence-electron chi connectivity index (χ1n) is 9.51. The maximum absolute atomic E-state index is 12.3. The average molecular weight is 386 g/mol. The smallest absolute Gasteiger partial charge is 0.164 e. The van der Waals surface area contributed by atoms with Gasteiger partial charge in [-0.05, 0) is 23.3 Å². The molecule has 2 aromatic rings. The standard InChI is InChI=1S/C26H26O3/c1-3-23(25(27)17-15-21-11-7-5-8-12-21)19-29-20-24(4-2)26(28)18-16-22-13-9-6-10-14-22/h3-18,23-24H,1-2,19-20H2/b17-15+,18-16+. The second-order valence-electron chi connectivity index (χ2n) is 6.51. The lowest BCUT2D eigenvalue weighted by Gasteiger charge is -2.13. The van der Waals surface area contributed by atoms with E-state index in [0.717, 1.165) is 11.1 Å². The summed E-state index contributed by atoms with van der Waals surface area (Å²) in [6, 6.07) is 19.2. The van der Waals surface area contributed by atoms with Crippen molar-refractivity contribution >= 4 is 23.7 Å². The molecule has 0 aliphatic rings. The van der Waals surface area contributed by atoms with Crippen LogP contribution in [0.15, 0.2) is 98.1 Å². The molecular weight excluding hydrogens is 360 g/mol. The van der Waals surface area contributed by atoms with Crippen LogP contribution in [0.1, 0.15) is 11.1 Å². The van der Waals surface area contributed by atoms with E-state index >= 15 is 0 Å². The highest BCUT2D eigenvalue weighted by Gasteiger charge is 2.16. The van der Waals surface area contributed by atoms with Crippen molar-refractivity contribution in [3.05, 3.63) is 109 Å². The fraction of sp³-hybridized carbons (Fsp3) is 0.154. The van der Waals surface area contributed by atoms with E-state index in [4.69, 9.17) is 4.74 Å². The fourth-order valence-electron chi connectivity index (χ4n) is 2.59. The molecule has 0 radical (unpaired) electrons. The van der Waals surface area contributed by atoms with Crippen molar-refractivity contribution < 1.29 is 14.3 Å². The molecule has 29 heavy (non-hydrogen) atoms. The molecule has 0 bridgehead atoms. The van der Waals surface area contributed by atoms with E-state index in [2.05, 4.69) is 13.2 Å². The van der Waals surface area contributed by atoms with E-state index in [9.17, 15) is 9.59 Å². The Labute approximate surface area is 172 Å². The van der Waals surface area contributed by atoms with Gasteiger partial charge in [-0.2, -0.15) is 0 Å². The largest absolute Gasteiger partial charge is 0.379 e.